The Morgan fingerprint density at radius 3 is 1.02 bits per heavy atom. The second-order valence-corrected chi connectivity index (χ2v) is 25.9. The summed E-state index contributed by atoms with van der Waals surface area (Å²) in [6.07, 6.45) is 3.77. The van der Waals surface area contributed by atoms with Crippen molar-refractivity contribution in [1.82, 2.24) is 38.2 Å². The molecule has 6 aromatic heterocycles. The molecule has 99 heavy (non-hydrogen) atoms. The highest BCUT2D eigenvalue weighted by Crippen LogP contribution is 2.53. The first-order valence-electron chi connectivity index (χ1n) is 33.5. The van der Waals surface area contributed by atoms with E-state index in [-0.39, 0.29) is 0 Å². The maximum Gasteiger partial charge on any atom is 0.166 e. The first kappa shape index (κ1) is 57.2. The van der Waals surface area contributed by atoms with Gasteiger partial charge in [-0.05, 0) is 146 Å². The molecular weight excluding hydrogens is 1210 g/mol. The molecule has 0 N–H and O–H groups in total. The van der Waals surface area contributed by atoms with Gasteiger partial charge in [0.1, 0.15) is 6.07 Å². The molecule has 0 atom stereocenters. The van der Waals surface area contributed by atoms with E-state index in [2.05, 4.69) is 276 Å². The molecule has 0 aliphatic carbocycles. The predicted octanol–water partition coefficient (Wildman–Crippen LogP) is 22.5. The maximum atomic E-state index is 12.9. The minimum atomic E-state index is 0.396. The van der Waals surface area contributed by atoms with Gasteiger partial charge < -0.3 is 18.3 Å². The van der Waals surface area contributed by atoms with E-state index in [4.69, 9.17) is 19.9 Å². The van der Waals surface area contributed by atoms with Crippen LogP contribution in [0.1, 0.15) is 22.3 Å². The molecule has 0 bridgehead atoms. The van der Waals surface area contributed by atoms with Crippen LogP contribution in [0.3, 0.4) is 0 Å². The van der Waals surface area contributed by atoms with Crippen molar-refractivity contribution >= 4 is 87.2 Å². The summed E-state index contributed by atoms with van der Waals surface area (Å²) in [5, 5.41) is 22.0. The highest BCUT2D eigenvalue weighted by molar-refractivity contribution is 6.15. The zero-order valence-electron chi connectivity index (χ0n) is 54.4. The average molecular weight is 1270 g/mol. The Hall–Kier alpha value is -13.3. The molecule has 0 amide bonds. The van der Waals surface area contributed by atoms with Crippen molar-refractivity contribution in [3.8, 4) is 96.4 Å². The van der Waals surface area contributed by atoms with Crippen molar-refractivity contribution in [3.63, 3.8) is 0 Å². The fourth-order valence-electron chi connectivity index (χ4n) is 15.6. The number of rotatable bonds is 10. The first-order chi connectivity index (χ1) is 48.8. The van der Waals surface area contributed by atoms with E-state index >= 15 is 0 Å². The quantitative estimate of drug-likeness (QED) is 0.136. The lowest BCUT2D eigenvalue weighted by Gasteiger charge is -2.27. The van der Waals surface area contributed by atoms with Crippen LogP contribution in [0.25, 0.3) is 178 Å². The summed E-state index contributed by atoms with van der Waals surface area (Å²) in [4.78, 5) is 21.5. The zero-order valence-corrected chi connectivity index (χ0v) is 54.4. The molecule has 0 aliphatic rings. The first-order valence-corrected chi connectivity index (χ1v) is 33.5. The van der Waals surface area contributed by atoms with Gasteiger partial charge in [-0.25, -0.2) is 15.0 Å². The molecule has 19 rings (SSSR count). The van der Waals surface area contributed by atoms with E-state index in [1.165, 1.54) is 49.0 Å². The van der Waals surface area contributed by atoms with E-state index in [9.17, 15) is 5.26 Å². The summed E-state index contributed by atoms with van der Waals surface area (Å²) in [5.74, 6) is 1.38. The lowest BCUT2D eigenvalue weighted by Crippen LogP contribution is -2.10. The van der Waals surface area contributed by atoms with Crippen LogP contribution in [0.5, 0.6) is 0 Å². The van der Waals surface area contributed by atoms with Crippen LogP contribution in [-0.2, 0) is 0 Å². The number of nitrogens with zero attached hydrogens (tertiary/aromatic N) is 9. The zero-order chi connectivity index (χ0) is 66.0. The average Bonchev–Trinajstić information content (AvgIpc) is 1.55. The number of pyridine rings is 1. The Bertz CT molecular complexity index is 6430. The van der Waals surface area contributed by atoms with Gasteiger partial charge in [0.25, 0.3) is 0 Å². The molecule has 0 unspecified atom stereocenters. The Labute approximate surface area is 570 Å². The SMILES string of the molecule is Cc1ccc2c(c1)c1ccccc1n2-c1ccc(-c2c(C#N)c(-n3c4ccccc4c4cnccc43)c(-c3nc(-c4ccccc4)nc(-c4ccccc4)n3)c(-c3ccc(-n4c5ccccc5c5cc(C)ccc54)cc3)c2-c2ccc(-n3c4ccccc4c4cc(C)ccc43)cc2)cc1. The molecule has 19 aromatic rings. The molecule has 464 valence electrons. The van der Waals surface area contributed by atoms with Crippen LogP contribution in [0.4, 0.5) is 0 Å². The third-order valence-electron chi connectivity index (χ3n) is 19.9. The van der Waals surface area contributed by atoms with Gasteiger partial charge in [-0.15, -0.1) is 0 Å². The third kappa shape index (κ3) is 9.07. The summed E-state index contributed by atoms with van der Waals surface area (Å²) in [5.41, 5.74) is 23.4. The molecule has 9 nitrogen and oxygen atoms in total. The number of para-hydroxylation sites is 4. The molecule has 0 fully saturated rings. The maximum absolute atomic E-state index is 12.9. The molecule has 0 spiro atoms. The van der Waals surface area contributed by atoms with Gasteiger partial charge in [-0.3, -0.25) is 4.98 Å². The molecule has 0 radical (unpaired) electrons. The van der Waals surface area contributed by atoms with E-state index in [1.807, 2.05) is 73.1 Å². The number of hydrogen-bond acceptors (Lipinski definition) is 5. The predicted molar refractivity (Wildman–Crippen MR) is 407 cm³/mol. The van der Waals surface area contributed by atoms with Crippen LogP contribution >= 0.6 is 0 Å². The molecule has 0 saturated carbocycles. The van der Waals surface area contributed by atoms with Crippen LogP contribution in [0, 0.1) is 32.1 Å². The van der Waals surface area contributed by atoms with Crippen molar-refractivity contribution in [2.45, 2.75) is 20.8 Å². The van der Waals surface area contributed by atoms with Gasteiger partial charge >= 0.3 is 0 Å². The minimum absolute atomic E-state index is 0.396. The topological polar surface area (TPSA) is 95.1 Å². The van der Waals surface area contributed by atoms with E-state index < -0.39 is 0 Å². The van der Waals surface area contributed by atoms with Crippen LogP contribution in [0.2, 0.25) is 0 Å². The van der Waals surface area contributed by atoms with Gasteiger partial charge in [-0.2, -0.15) is 5.26 Å². The normalized spacial score (nSPS) is 11.8. The van der Waals surface area contributed by atoms with Gasteiger partial charge in [0.15, 0.2) is 17.5 Å². The van der Waals surface area contributed by atoms with Crippen molar-refractivity contribution in [3.05, 3.63) is 326 Å². The Morgan fingerprint density at radius 1 is 0.273 bits per heavy atom. The number of aromatic nitrogens is 8. The molecule has 9 heteroatoms. The van der Waals surface area contributed by atoms with Crippen molar-refractivity contribution in [2.75, 3.05) is 0 Å². The summed E-state index contributed by atoms with van der Waals surface area (Å²) in [6.45, 7) is 6.46. The van der Waals surface area contributed by atoms with Gasteiger partial charge in [0, 0.05) is 94.8 Å². The fraction of sp³-hybridized carbons (Fsp3) is 0.0333. The summed E-state index contributed by atoms with van der Waals surface area (Å²) in [7, 11) is 0. The van der Waals surface area contributed by atoms with Crippen LogP contribution in [0.15, 0.2) is 304 Å². The largest absolute Gasteiger partial charge is 0.309 e. The summed E-state index contributed by atoms with van der Waals surface area (Å²) < 4.78 is 9.36. The molecule has 0 saturated heterocycles. The van der Waals surface area contributed by atoms with Crippen molar-refractivity contribution in [1.29, 1.82) is 5.26 Å². The minimum Gasteiger partial charge on any atom is -0.309 e. The Morgan fingerprint density at radius 2 is 0.606 bits per heavy atom. The third-order valence-corrected chi connectivity index (χ3v) is 19.9. The lowest BCUT2D eigenvalue weighted by molar-refractivity contribution is 1.06. The summed E-state index contributed by atoms with van der Waals surface area (Å²) in [6, 6.07) is 107. The number of hydrogen-bond donors (Lipinski definition) is 0. The molecular formula is C90H59N9. The number of nitriles is 1. The van der Waals surface area contributed by atoms with Crippen LogP contribution in [-0.4, -0.2) is 38.2 Å². The van der Waals surface area contributed by atoms with Crippen molar-refractivity contribution in [2.24, 2.45) is 0 Å². The molecule has 0 aliphatic heterocycles. The highest BCUT2D eigenvalue weighted by Gasteiger charge is 2.33. The van der Waals surface area contributed by atoms with E-state index in [0.29, 0.717) is 34.3 Å². The molecule has 13 aromatic carbocycles. The van der Waals surface area contributed by atoms with Gasteiger partial charge in [0.05, 0.1) is 60.9 Å². The lowest BCUT2D eigenvalue weighted by atomic mass is 9.80. The Balaban J connectivity index is 0.979. The van der Waals surface area contributed by atoms with E-state index in [1.54, 1.807) is 0 Å². The van der Waals surface area contributed by atoms with Gasteiger partial charge in [-0.1, -0.05) is 205 Å². The number of aryl methyl sites for hydroxylation is 3. The summed E-state index contributed by atoms with van der Waals surface area (Å²) >= 11 is 0. The second-order valence-electron chi connectivity index (χ2n) is 25.9. The fourth-order valence-corrected chi connectivity index (χ4v) is 15.6. The smallest absolute Gasteiger partial charge is 0.166 e. The highest BCUT2D eigenvalue weighted by atomic mass is 15.1. The van der Waals surface area contributed by atoms with Crippen LogP contribution < -0.4 is 0 Å². The monoisotopic (exact) mass is 1270 g/mol. The second kappa shape index (κ2) is 22.7. The molecule has 6 heterocycles. The van der Waals surface area contributed by atoms with E-state index in [0.717, 1.165) is 116 Å². The standard InChI is InChI=1S/C90H59N9/c1-55-30-45-79-70(50-55)66-22-10-14-26-75(66)96(79)63-39-33-58(34-40-63)83-73(53-91)87(99-78-29-17-13-25-69(78)74-54-92-49-48-82(74)99)86(90-94-88(61-18-6-4-7-19-61)93-89(95-90)62-20-8-5-9-21-62)85(60-37-43-65(44-38-60)98-77-28-16-12-24-68(77)72-52-57(3)32-47-81(72)98)84(83)59-35-41-64(42-36-59)97-76-27-15-11-23-67(76)71-51-56(2)31-46-80(71)97/h4-52,54H,1-3H3. The number of fused-ring (bicyclic) bond motifs is 12. The van der Waals surface area contributed by atoms with Gasteiger partial charge in [0.2, 0.25) is 0 Å². The Kier molecular flexibility index (Phi) is 13.1. The van der Waals surface area contributed by atoms with Crippen molar-refractivity contribution < 1.29 is 0 Å². The number of benzene rings is 13.